The molecule has 2 atom stereocenters. The van der Waals surface area contributed by atoms with Crippen LogP contribution in [-0.4, -0.2) is 11.7 Å². The Morgan fingerprint density at radius 2 is 2.00 bits per heavy atom. The highest BCUT2D eigenvalue weighted by atomic mass is 16.3. The summed E-state index contributed by atoms with van der Waals surface area (Å²) in [6.45, 7) is 2.79. The number of hydrogen-bond donors (Lipinski definition) is 1. The van der Waals surface area contributed by atoms with Crippen LogP contribution in [0.4, 0.5) is 0 Å². The minimum atomic E-state index is 0.424. The lowest BCUT2D eigenvalue weighted by Crippen LogP contribution is -2.12. The topological polar surface area (TPSA) is 20.2 Å². The predicted octanol–water partition coefficient (Wildman–Crippen LogP) is 2.20. The third kappa shape index (κ3) is 1.10. The highest BCUT2D eigenvalue weighted by Crippen LogP contribution is 2.61. The molecule has 0 amide bonds. The Morgan fingerprint density at radius 1 is 1.36 bits per heavy atom. The summed E-state index contributed by atoms with van der Waals surface area (Å²) in [6.07, 6.45) is 6.99. The van der Waals surface area contributed by atoms with Crippen LogP contribution in [0.25, 0.3) is 0 Å². The van der Waals surface area contributed by atoms with E-state index in [9.17, 15) is 0 Å². The fraction of sp³-hybridized carbons (Fsp3) is 1.00. The second kappa shape index (κ2) is 2.48. The van der Waals surface area contributed by atoms with Crippen LogP contribution >= 0.6 is 0 Å². The van der Waals surface area contributed by atoms with Gasteiger partial charge in [-0.15, -0.1) is 0 Å². The van der Waals surface area contributed by atoms with E-state index in [2.05, 4.69) is 6.92 Å². The second-order valence-electron chi connectivity index (χ2n) is 4.57. The molecule has 2 rings (SSSR count). The largest absolute Gasteiger partial charge is 0.396 e. The van der Waals surface area contributed by atoms with Gasteiger partial charge in [-0.1, -0.05) is 19.8 Å². The minimum Gasteiger partial charge on any atom is -0.396 e. The van der Waals surface area contributed by atoms with Crippen molar-refractivity contribution in [3.8, 4) is 0 Å². The molecule has 0 heterocycles. The van der Waals surface area contributed by atoms with E-state index in [-0.39, 0.29) is 0 Å². The molecule has 0 radical (unpaired) electrons. The fourth-order valence-electron chi connectivity index (χ4n) is 2.83. The first-order chi connectivity index (χ1) is 5.27. The Morgan fingerprint density at radius 3 is 2.45 bits per heavy atom. The fourth-order valence-corrected chi connectivity index (χ4v) is 2.83. The van der Waals surface area contributed by atoms with Crippen LogP contribution in [0.5, 0.6) is 0 Å². The van der Waals surface area contributed by atoms with Crippen LogP contribution in [0.3, 0.4) is 0 Å². The lowest BCUT2D eigenvalue weighted by Gasteiger charge is -2.18. The van der Waals surface area contributed by atoms with Gasteiger partial charge in [-0.25, -0.2) is 0 Å². The molecule has 0 aliphatic heterocycles. The summed E-state index contributed by atoms with van der Waals surface area (Å²) in [5, 5.41) is 9.00. The second-order valence-corrected chi connectivity index (χ2v) is 4.57. The van der Waals surface area contributed by atoms with Gasteiger partial charge in [0.2, 0.25) is 0 Å². The summed E-state index contributed by atoms with van der Waals surface area (Å²) in [5.41, 5.74) is 0.547. The van der Waals surface area contributed by atoms with E-state index >= 15 is 0 Å². The van der Waals surface area contributed by atoms with Crippen LogP contribution in [0, 0.1) is 17.3 Å². The van der Waals surface area contributed by atoms with Gasteiger partial charge in [0.05, 0.1) is 0 Å². The van der Waals surface area contributed by atoms with Crippen molar-refractivity contribution in [3.63, 3.8) is 0 Å². The molecule has 2 aliphatic rings. The molecule has 2 unspecified atom stereocenters. The number of aliphatic hydroxyl groups is 1. The molecular formula is C10H18O. The standard InChI is InChI=1S/C10H18O/c1-10(6-9(10)7-11)8-4-2-3-5-8/h8-9,11H,2-7H2,1H3. The summed E-state index contributed by atoms with van der Waals surface area (Å²) in [5.74, 6) is 1.59. The number of hydrogen-bond acceptors (Lipinski definition) is 1. The molecule has 1 N–H and O–H groups in total. The summed E-state index contributed by atoms with van der Waals surface area (Å²) >= 11 is 0. The van der Waals surface area contributed by atoms with Gasteiger partial charge in [0.15, 0.2) is 0 Å². The molecule has 1 heteroatoms. The quantitative estimate of drug-likeness (QED) is 0.646. The first-order valence-electron chi connectivity index (χ1n) is 4.88. The molecule has 0 aromatic carbocycles. The Bertz CT molecular complexity index is 149. The third-order valence-corrected chi connectivity index (χ3v) is 3.97. The maximum atomic E-state index is 9.00. The lowest BCUT2D eigenvalue weighted by atomic mass is 9.87. The summed E-state index contributed by atoms with van der Waals surface area (Å²) in [6, 6.07) is 0. The zero-order chi connectivity index (χ0) is 7.90. The summed E-state index contributed by atoms with van der Waals surface area (Å²) < 4.78 is 0. The average molecular weight is 154 g/mol. The SMILES string of the molecule is CC1(C2CCCC2)CC1CO. The van der Waals surface area contributed by atoms with E-state index in [1.807, 2.05) is 0 Å². The molecule has 0 aromatic rings. The lowest BCUT2D eigenvalue weighted by molar-refractivity contribution is 0.222. The average Bonchev–Trinajstić information content (AvgIpc) is 2.55. The van der Waals surface area contributed by atoms with Gasteiger partial charge in [0.25, 0.3) is 0 Å². The van der Waals surface area contributed by atoms with Crippen molar-refractivity contribution < 1.29 is 5.11 Å². The molecule has 64 valence electrons. The normalized spacial score (nSPS) is 44.7. The minimum absolute atomic E-state index is 0.424. The van der Waals surface area contributed by atoms with E-state index < -0.39 is 0 Å². The van der Waals surface area contributed by atoms with Crippen LogP contribution in [-0.2, 0) is 0 Å². The zero-order valence-corrected chi connectivity index (χ0v) is 7.34. The summed E-state index contributed by atoms with van der Waals surface area (Å²) in [7, 11) is 0. The van der Waals surface area contributed by atoms with Gasteiger partial charge in [0.1, 0.15) is 0 Å². The number of aliphatic hydroxyl groups excluding tert-OH is 1. The van der Waals surface area contributed by atoms with Crippen molar-refractivity contribution in [3.05, 3.63) is 0 Å². The van der Waals surface area contributed by atoms with Gasteiger partial charge < -0.3 is 5.11 Å². The molecule has 2 saturated carbocycles. The van der Waals surface area contributed by atoms with Gasteiger partial charge in [-0.3, -0.25) is 0 Å². The number of rotatable bonds is 2. The smallest absolute Gasteiger partial charge is 0.0464 e. The van der Waals surface area contributed by atoms with E-state index in [0.717, 1.165) is 5.92 Å². The maximum absolute atomic E-state index is 9.00. The first-order valence-corrected chi connectivity index (χ1v) is 4.88. The Kier molecular flexibility index (Phi) is 1.71. The van der Waals surface area contributed by atoms with Gasteiger partial charge in [0, 0.05) is 6.61 Å². The van der Waals surface area contributed by atoms with Gasteiger partial charge in [-0.05, 0) is 36.5 Å². The van der Waals surface area contributed by atoms with E-state index in [1.54, 1.807) is 0 Å². The van der Waals surface area contributed by atoms with Crippen LogP contribution in [0.1, 0.15) is 39.0 Å². The van der Waals surface area contributed by atoms with Crippen LogP contribution < -0.4 is 0 Å². The van der Waals surface area contributed by atoms with Crippen molar-refractivity contribution in [2.24, 2.45) is 17.3 Å². The van der Waals surface area contributed by atoms with Crippen molar-refractivity contribution in [1.29, 1.82) is 0 Å². The Labute approximate surface area is 68.8 Å². The van der Waals surface area contributed by atoms with E-state index in [1.165, 1.54) is 32.1 Å². The molecule has 2 fully saturated rings. The monoisotopic (exact) mass is 154 g/mol. The first kappa shape index (κ1) is 7.60. The maximum Gasteiger partial charge on any atom is 0.0464 e. The van der Waals surface area contributed by atoms with Gasteiger partial charge in [-0.2, -0.15) is 0 Å². The molecule has 0 saturated heterocycles. The molecule has 11 heavy (non-hydrogen) atoms. The van der Waals surface area contributed by atoms with Crippen LogP contribution in [0.2, 0.25) is 0 Å². The molecule has 0 aromatic heterocycles. The predicted molar refractivity (Wildman–Crippen MR) is 45.3 cm³/mol. The van der Waals surface area contributed by atoms with Crippen molar-refractivity contribution in [2.45, 2.75) is 39.0 Å². The van der Waals surface area contributed by atoms with E-state index in [0.29, 0.717) is 17.9 Å². The summed E-state index contributed by atoms with van der Waals surface area (Å²) in [4.78, 5) is 0. The van der Waals surface area contributed by atoms with Crippen LogP contribution in [0.15, 0.2) is 0 Å². The zero-order valence-electron chi connectivity index (χ0n) is 7.34. The molecule has 1 nitrogen and oxygen atoms in total. The third-order valence-electron chi connectivity index (χ3n) is 3.97. The molecule has 0 spiro atoms. The Balaban J connectivity index is 1.94. The van der Waals surface area contributed by atoms with Crippen molar-refractivity contribution >= 4 is 0 Å². The van der Waals surface area contributed by atoms with Gasteiger partial charge >= 0.3 is 0 Å². The Hall–Kier alpha value is -0.0400. The van der Waals surface area contributed by atoms with Crippen molar-refractivity contribution in [1.82, 2.24) is 0 Å². The van der Waals surface area contributed by atoms with E-state index in [4.69, 9.17) is 5.11 Å². The highest BCUT2D eigenvalue weighted by Gasteiger charge is 2.54. The molecule has 2 aliphatic carbocycles. The highest BCUT2D eigenvalue weighted by molar-refractivity contribution is 5.03. The molecular weight excluding hydrogens is 136 g/mol. The van der Waals surface area contributed by atoms with Crippen molar-refractivity contribution in [2.75, 3.05) is 6.61 Å². The molecule has 0 bridgehead atoms.